The molecular weight excluding hydrogens is 324 g/mol. The number of allylic oxidation sites excluding steroid dienone is 1. The average molecular weight is 357 g/mol. The first-order chi connectivity index (χ1) is 12.7. The highest BCUT2D eigenvalue weighted by Gasteiger charge is 2.42. The summed E-state index contributed by atoms with van der Waals surface area (Å²) in [5.41, 5.74) is 1.17. The number of carbonyl (C=O) groups is 1. The highest BCUT2D eigenvalue weighted by Crippen LogP contribution is 2.37. The SMILES string of the molecule is C=CCC1(C(=O)N2CCOCC2)CCN(CCCc2ccccc2)CC1. The Hall–Kier alpha value is -1.65. The number of carbonyl (C=O) groups excluding carboxylic acids is 1. The van der Waals surface area contributed by atoms with Crippen LogP contribution in [0.1, 0.15) is 31.2 Å². The van der Waals surface area contributed by atoms with Crippen molar-refractivity contribution in [3.63, 3.8) is 0 Å². The van der Waals surface area contributed by atoms with Gasteiger partial charge in [0.1, 0.15) is 0 Å². The molecule has 1 aromatic carbocycles. The quantitative estimate of drug-likeness (QED) is 0.704. The van der Waals surface area contributed by atoms with Gasteiger partial charge in [-0.3, -0.25) is 4.79 Å². The van der Waals surface area contributed by atoms with Crippen LogP contribution in [0.25, 0.3) is 0 Å². The molecule has 3 rings (SSSR count). The number of hydrogen-bond donors (Lipinski definition) is 0. The lowest BCUT2D eigenvalue weighted by molar-refractivity contribution is -0.149. The van der Waals surface area contributed by atoms with Gasteiger partial charge in [0.05, 0.1) is 18.6 Å². The van der Waals surface area contributed by atoms with Crippen molar-refractivity contribution in [1.82, 2.24) is 9.80 Å². The zero-order valence-electron chi connectivity index (χ0n) is 15.9. The Morgan fingerprint density at radius 2 is 1.81 bits per heavy atom. The fraction of sp³-hybridized carbons (Fsp3) is 0.591. The molecule has 26 heavy (non-hydrogen) atoms. The number of piperidine rings is 1. The van der Waals surface area contributed by atoms with E-state index in [9.17, 15) is 4.79 Å². The van der Waals surface area contributed by atoms with E-state index in [1.807, 2.05) is 11.0 Å². The van der Waals surface area contributed by atoms with E-state index < -0.39 is 0 Å². The lowest BCUT2D eigenvalue weighted by Crippen LogP contribution is -2.52. The largest absolute Gasteiger partial charge is 0.378 e. The van der Waals surface area contributed by atoms with Crippen LogP contribution in [0.5, 0.6) is 0 Å². The van der Waals surface area contributed by atoms with Gasteiger partial charge in [0.2, 0.25) is 5.91 Å². The van der Waals surface area contributed by atoms with Gasteiger partial charge in [0, 0.05) is 13.1 Å². The lowest BCUT2D eigenvalue weighted by atomic mass is 9.74. The van der Waals surface area contributed by atoms with Gasteiger partial charge in [-0.25, -0.2) is 0 Å². The fourth-order valence-corrected chi connectivity index (χ4v) is 4.24. The predicted molar refractivity (Wildman–Crippen MR) is 105 cm³/mol. The summed E-state index contributed by atoms with van der Waals surface area (Å²) in [5.74, 6) is 0.324. The third-order valence-electron chi connectivity index (χ3n) is 5.88. The molecule has 2 heterocycles. The summed E-state index contributed by atoms with van der Waals surface area (Å²) in [7, 11) is 0. The third kappa shape index (κ3) is 4.74. The molecule has 1 amide bonds. The monoisotopic (exact) mass is 356 g/mol. The Morgan fingerprint density at radius 1 is 1.12 bits per heavy atom. The van der Waals surface area contributed by atoms with Crippen molar-refractivity contribution in [2.75, 3.05) is 45.9 Å². The molecule has 0 aliphatic carbocycles. The second kappa shape index (κ2) is 9.33. The van der Waals surface area contributed by atoms with Crippen LogP contribution in [0.15, 0.2) is 43.0 Å². The van der Waals surface area contributed by atoms with Crippen LogP contribution in [0, 0.1) is 5.41 Å². The summed E-state index contributed by atoms with van der Waals surface area (Å²) in [6, 6.07) is 10.7. The normalized spacial score (nSPS) is 20.7. The first-order valence-corrected chi connectivity index (χ1v) is 9.98. The highest BCUT2D eigenvalue weighted by atomic mass is 16.5. The topological polar surface area (TPSA) is 32.8 Å². The van der Waals surface area contributed by atoms with E-state index in [1.54, 1.807) is 0 Å². The number of ether oxygens (including phenoxy) is 1. The van der Waals surface area contributed by atoms with E-state index in [-0.39, 0.29) is 5.41 Å². The number of amides is 1. The Kier molecular flexibility index (Phi) is 6.86. The summed E-state index contributed by atoms with van der Waals surface area (Å²) in [4.78, 5) is 17.7. The second-order valence-electron chi connectivity index (χ2n) is 7.61. The number of likely N-dealkylation sites (tertiary alicyclic amines) is 1. The summed E-state index contributed by atoms with van der Waals surface area (Å²) >= 11 is 0. The molecule has 142 valence electrons. The smallest absolute Gasteiger partial charge is 0.229 e. The van der Waals surface area contributed by atoms with Gasteiger partial charge < -0.3 is 14.5 Å². The van der Waals surface area contributed by atoms with Crippen LogP contribution in [-0.4, -0.2) is 61.6 Å². The Balaban J connectivity index is 1.50. The van der Waals surface area contributed by atoms with Crippen molar-refractivity contribution in [3.05, 3.63) is 48.6 Å². The van der Waals surface area contributed by atoms with E-state index in [1.165, 1.54) is 12.0 Å². The Labute approximate surface area is 157 Å². The van der Waals surface area contributed by atoms with Gasteiger partial charge in [0.15, 0.2) is 0 Å². The molecule has 0 spiro atoms. The van der Waals surface area contributed by atoms with Gasteiger partial charge in [-0.15, -0.1) is 6.58 Å². The maximum Gasteiger partial charge on any atom is 0.229 e. The van der Waals surface area contributed by atoms with Crippen LogP contribution >= 0.6 is 0 Å². The van der Waals surface area contributed by atoms with Gasteiger partial charge in [-0.2, -0.15) is 0 Å². The molecule has 0 N–H and O–H groups in total. The number of hydrogen-bond acceptors (Lipinski definition) is 3. The molecule has 2 aliphatic rings. The molecule has 2 saturated heterocycles. The molecule has 4 nitrogen and oxygen atoms in total. The van der Waals surface area contributed by atoms with Crippen molar-refractivity contribution < 1.29 is 9.53 Å². The molecule has 0 unspecified atom stereocenters. The van der Waals surface area contributed by atoms with Crippen LogP contribution in [0.4, 0.5) is 0 Å². The Morgan fingerprint density at radius 3 is 2.46 bits per heavy atom. The van der Waals surface area contributed by atoms with Gasteiger partial charge in [-0.05, 0) is 57.3 Å². The highest BCUT2D eigenvalue weighted by molar-refractivity contribution is 5.83. The summed E-state index contributed by atoms with van der Waals surface area (Å²) in [6.45, 7) is 9.87. The zero-order valence-corrected chi connectivity index (χ0v) is 15.9. The number of nitrogens with zero attached hydrogens (tertiary/aromatic N) is 2. The number of benzene rings is 1. The Bertz CT molecular complexity index is 573. The summed E-state index contributed by atoms with van der Waals surface area (Å²) < 4.78 is 5.41. The minimum absolute atomic E-state index is 0.241. The maximum absolute atomic E-state index is 13.2. The molecule has 0 radical (unpaired) electrons. The van der Waals surface area contributed by atoms with E-state index in [0.29, 0.717) is 19.1 Å². The lowest BCUT2D eigenvalue weighted by Gasteiger charge is -2.43. The van der Waals surface area contributed by atoms with Crippen LogP contribution in [0.2, 0.25) is 0 Å². The van der Waals surface area contributed by atoms with E-state index in [4.69, 9.17) is 4.74 Å². The molecule has 4 heteroatoms. The molecule has 0 atom stereocenters. The molecule has 0 aromatic heterocycles. The molecule has 0 saturated carbocycles. The molecule has 1 aromatic rings. The van der Waals surface area contributed by atoms with Crippen LogP contribution in [-0.2, 0) is 16.0 Å². The van der Waals surface area contributed by atoms with Crippen molar-refractivity contribution in [1.29, 1.82) is 0 Å². The van der Waals surface area contributed by atoms with Crippen LogP contribution < -0.4 is 0 Å². The number of aryl methyl sites for hydroxylation is 1. The average Bonchev–Trinajstić information content (AvgIpc) is 2.70. The van der Waals surface area contributed by atoms with E-state index in [0.717, 1.165) is 58.4 Å². The van der Waals surface area contributed by atoms with Crippen LogP contribution in [0.3, 0.4) is 0 Å². The first-order valence-electron chi connectivity index (χ1n) is 9.98. The number of rotatable bonds is 7. The van der Waals surface area contributed by atoms with Gasteiger partial charge in [0.25, 0.3) is 0 Å². The molecule has 2 fully saturated rings. The number of morpholine rings is 1. The second-order valence-corrected chi connectivity index (χ2v) is 7.61. The first kappa shape index (κ1) is 19.1. The van der Waals surface area contributed by atoms with Crippen molar-refractivity contribution in [2.24, 2.45) is 5.41 Å². The van der Waals surface area contributed by atoms with Gasteiger partial charge in [-0.1, -0.05) is 36.4 Å². The zero-order chi connectivity index (χ0) is 18.2. The minimum Gasteiger partial charge on any atom is -0.378 e. The molecule has 2 aliphatic heterocycles. The van der Waals surface area contributed by atoms with Crippen molar-refractivity contribution in [3.8, 4) is 0 Å². The van der Waals surface area contributed by atoms with E-state index >= 15 is 0 Å². The molecular formula is C22H32N2O2. The van der Waals surface area contributed by atoms with E-state index in [2.05, 4.69) is 41.8 Å². The molecule has 0 bridgehead atoms. The standard InChI is InChI=1S/C22H32N2O2/c1-2-10-22(21(25)24-16-18-26-19-17-24)11-14-23(15-12-22)13-6-9-20-7-4-3-5-8-20/h2-5,7-8H,1,6,9-19H2. The third-order valence-corrected chi connectivity index (χ3v) is 5.88. The summed E-state index contributed by atoms with van der Waals surface area (Å²) in [6.07, 6.45) is 6.92. The maximum atomic E-state index is 13.2. The fourth-order valence-electron chi connectivity index (χ4n) is 4.24. The predicted octanol–water partition coefficient (Wildman–Crippen LogP) is 3.14. The van der Waals surface area contributed by atoms with Crippen molar-refractivity contribution in [2.45, 2.75) is 32.1 Å². The minimum atomic E-state index is -0.241. The summed E-state index contributed by atoms with van der Waals surface area (Å²) in [5, 5.41) is 0. The van der Waals surface area contributed by atoms with Crippen molar-refractivity contribution >= 4 is 5.91 Å². The van der Waals surface area contributed by atoms with Gasteiger partial charge >= 0.3 is 0 Å².